The van der Waals surface area contributed by atoms with Gasteiger partial charge in [0.05, 0.1) is 12.2 Å². The quantitative estimate of drug-likeness (QED) is 0.255. The first kappa shape index (κ1) is 23.1. The monoisotopic (exact) mass is 494 g/mol. The van der Waals surface area contributed by atoms with Crippen LogP contribution in [0.3, 0.4) is 0 Å². The normalized spacial score (nSPS) is 11.1. The maximum absolute atomic E-state index is 13.1. The lowest BCUT2D eigenvalue weighted by molar-refractivity contribution is 0.318. The van der Waals surface area contributed by atoms with Crippen molar-refractivity contribution in [1.29, 1.82) is 0 Å². The van der Waals surface area contributed by atoms with E-state index in [0.29, 0.717) is 19.0 Å². The molecule has 0 bridgehead atoms. The highest BCUT2D eigenvalue weighted by Crippen LogP contribution is 2.16. The van der Waals surface area contributed by atoms with Gasteiger partial charge >= 0.3 is 0 Å². The summed E-state index contributed by atoms with van der Waals surface area (Å²) in [5, 5.41) is 10.4. The van der Waals surface area contributed by atoms with E-state index in [0.717, 1.165) is 42.0 Å². The molecule has 0 spiro atoms. The molecule has 0 saturated carbocycles. The number of halogens is 3. The van der Waals surface area contributed by atoms with Crippen LogP contribution in [0.25, 0.3) is 0 Å². The highest BCUT2D eigenvalue weighted by molar-refractivity contribution is 14.0. The van der Waals surface area contributed by atoms with E-state index in [-0.39, 0.29) is 36.3 Å². The number of aryl methyl sites for hydroxylation is 2. The van der Waals surface area contributed by atoms with Crippen LogP contribution in [0.1, 0.15) is 30.9 Å². The van der Waals surface area contributed by atoms with Crippen LogP contribution >= 0.6 is 24.0 Å². The summed E-state index contributed by atoms with van der Waals surface area (Å²) in [6.45, 7) is 5.33. The van der Waals surface area contributed by atoms with E-state index in [1.165, 1.54) is 6.07 Å². The van der Waals surface area contributed by atoms with E-state index in [2.05, 4.69) is 20.8 Å². The maximum atomic E-state index is 13.1. The van der Waals surface area contributed by atoms with Gasteiger partial charge < -0.3 is 19.9 Å². The number of benzene rings is 1. The van der Waals surface area contributed by atoms with E-state index >= 15 is 0 Å². The fraction of sp³-hybridized carbons (Fsp3) is 0.444. The Labute approximate surface area is 174 Å². The van der Waals surface area contributed by atoms with Crippen molar-refractivity contribution in [1.82, 2.24) is 15.8 Å². The van der Waals surface area contributed by atoms with Crippen LogP contribution in [0.4, 0.5) is 8.78 Å². The lowest BCUT2D eigenvalue weighted by Crippen LogP contribution is -2.39. The molecule has 0 saturated heterocycles. The molecule has 2 aromatic rings. The van der Waals surface area contributed by atoms with E-state index in [4.69, 9.17) is 9.26 Å². The van der Waals surface area contributed by atoms with Crippen LogP contribution in [0.15, 0.2) is 27.7 Å². The molecule has 2 rings (SSSR count). The molecule has 0 aliphatic carbocycles. The number of aliphatic imine (C=N–C) groups is 1. The fourth-order valence-electron chi connectivity index (χ4n) is 2.44. The molecule has 0 amide bonds. The topological polar surface area (TPSA) is 71.7 Å². The van der Waals surface area contributed by atoms with E-state index in [1.54, 1.807) is 7.05 Å². The molecule has 27 heavy (non-hydrogen) atoms. The molecular weight excluding hydrogens is 469 g/mol. The van der Waals surface area contributed by atoms with Crippen molar-refractivity contribution >= 4 is 29.9 Å². The third-order valence-electron chi connectivity index (χ3n) is 3.82. The van der Waals surface area contributed by atoms with E-state index in [9.17, 15) is 8.78 Å². The Bertz CT molecular complexity index is 731. The number of nitrogens with one attached hydrogen (secondary N) is 2. The first-order valence-electron chi connectivity index (χ1n) is 8.57. The molecule has 1 aromatic carbocycles. The maximum Gasteiger partial charge on any atom is 0.191 e. The largest absolute Gasteiger partial charge is 0.492 e. The summed E-state index contributed by atoms with van der Waals surface area (Å²) >= 11 is 0. The van der Waals surface area contributed by atoms with Gasteiger partial charge in [-0.3, -0.25) is 4.99 Å². The molecule has 1 heterocycles. The zero-order valence-corrected chi connectivity index (χ0v) is 18.0. The first-order valence-corrected chi connectivity index (χ1v) is 8.57. The molecule has 6 nitrogen and oxygen atoms in total. The molecule has 0 radical (unpaired) electrons. The van der Waals surface area contributed by atoms with Gasteiger partial charge in [-0.1, -0.05) is 19.0 Å². The third-order valence-corrected chi connectivity index (χ3v) is 3.82. The van der Waals surface area contributed by atoms with Crippen LogP contribution in [-0.4, -0.2) is 31.3 Å². The SMILES string of the molecule is CCc1noc(CC)c1CNC(=NC)NCCOc1ccc(F)c(F)c1.I. The molecule has 0 unspecified atom stereocenters. The lowest BCUT2D eigenvalue weighted by atomic mass is 10.1. The minimum absolute atomic E-state index is 0. The van der Waals surface area contributed by atoms with Crippen molar-refractivity contribution < 1.29 is 18.0 Å². The van der Waals surface area contributed by atoms with Gasteiger partial charge in [0.1, 0.15) is 18.1 Å². The Morgan fingerprint density at radius 2 is 1.96 bits per heavy atom. The summed E-state index contributed by atoms with van der Waals surface area (Å²) < 4.78 is 36.7. The van der Waals surface area contributed by atoms with Crippen LogP contribution in [0.2, 0.25) is 0 Å². The summed E-state index contributed by atoms with van der Waals surface area (Å²) in [6.07, 6.45) is 1.58. The summed E-state index contributed by atoms with van der Waals surface area (Å²) in [5.41, 5.74) is 1.99. The first-order chi connectivity index (χ1) is 12.6. The van der Waals surface area contributed by atoms with Gasteiger partial charge in [0.15, 0.2) is 17.6 Å². The van der Waals surface area contributed by atoms with E-state index in [1.807, 2.05) is 13.8 Å². The Morgan fingerprint density at radius 3 is 2.59 bits per heavy atom. The summed E-state index contributed by atoms with van der Waals surface area (Å²) in [4.78, 5) is 4.15. The molecule has 150 valence electrons. The van der Waals surface area contributed by atoms with Crippen molar-refractivity contribution in [2.75, 3.05) is 20.2 Å². The van der Waals surface area contributed by atoms with Crippen molar-refractivity contribution in [2.24, 2.45) is 4.99 Å². The molecule has 0 atom stereocenters. The number of hydrogen-bond acceptors (Lipinski definition) is 4. The van der Waals surface area contributed by atoms with Crippen molar-refractivity contribution in [3.05, 3.63) is 46.9 Å². The predicted octanol–water partition coefficient (Wildman–Crippen LogP) is 3.44. The predicted molar refractivity (Wildman–Crippen MR) is 111 cm³/mol. The average molecular weight is 494 g/mol. The van der Waals surface area contributed by atoms with Crippen LogP contribution in [-0.2, 0) is 19.4 Å². The number of ether oxygens (including phenoxy) is 1. The Kier molecular flexibility index (Phi) is 10.0. The fourth-order valence-corrected chi connectivity index (χ4v) is 2.44. The second-order valence-electron chi connectivity index (χ2n) is 5.52. The average Bonchev–Trinajstić information content (AvgIpc) is 3.06. The van der Waals surface area contributed by atoms with Crippen LogP contribution in [0, 0.1) is 11.6 Å². The van der Waals surface area contributed by atoms with E-state index < -0.39 is 11.6 Å². The number of hydrogen-bond donors (Lipinski definition) is 2. The van der Waals surface area contributed by atoms with Gasteiger partial charge in [-0.25, -0.2) is 8.78 Å². The van der Waals surface area contributed by atoms with Crippen LogP contribution in [0.5, 0.6) is 5.75 Å². The molecule has 0 fully saturated rings. The van der Waals surface area contributed by atoms with Gasteiger partial charge in [0, 0.05) is 31.6 Å². The Morgan fingerprint density at radius 1 is 1.19 bits per heavy atom. The Balaban J connectivity index is 0.00000364. The van der Waals surface area contributed by atoms with Gasteiger partial charge in [0.2, 0.25) is 0 Å². The van der Waals surface area contributed by atoms with Crippen molar-refractivity contribution in [2.45, 2.75) is 33.2 Å². The minimum atomic E-state index is -0.930. The molecular formula is C18H25F2IN4O2. The van der Waals surface area contributed by atoms with Gasteiger partial charge in [-0.15, -0.1) is 24.0 Å². The molecule has 1 aromatic heterocycles. The van der Waals surface area contributed by atoms with Crippen molar-refractivity contribution in [3.63, 3.8) is 0 Å². The third kappa shape index (κ3) is 6.64. The second kappa shape index (κ2) is 11.7. The number of aromatic nitrogens is 1. The van der Waals surface area contributed by atoms with Crippen molar-refractivity contribution in [3.8, 4) is 5.75 Å². The summed E-state index contributed by atoms with van der Waals surface area (Å²) in [6, 6.07) is 3.44. The van der Waals surface area contributed by atoms with Crippen LogP contribution < -0.4 is 15.4 Å². The van der Waals surface area contributed by atoms with Gasteiger partial charge in [-0.05, 0) is 18.6 Å². The summed E-state index contributed by atoms with van der Waals surface area (Å²) in [5.74, 6) is -0.0826. The molecule has 2 N–H and O–H groups in total. The second-order valence-corrected chi connectivity index (χ2v) is 5.52. The number of guanidine groups is 1. The smallest absolute Gasteiger partial charge is 0.191 e. The summed E-state index contributed by atoms with van der Waals surface area (Å²) in [7, 11) is 1.67. The molecule has 0 aliphatic rings. The number of rotatable bonds is 8. The standard InChI is InChI=1S/C18H24F2N4O2.HI/c1-4-16-13(17(5-2)26-24-16)11-23-18(21-3)22-8-9-25-12-6-7-14(19)15(20)10-12;/h6-7,10H,4-5,8-9,11H2,1-3H3,(H2,21,22,23);1H. The zero-order valence-electron chi connectivity index (χ0n) is 15.6. The van der Waals surface area contributed by atoms with Gasteiger partial charge in [-0.2, -0.15) is 0 Å². The highest BCUT2D eigenvalue weighted by atomic mass is 127. The molecule has 9 heteroatoms. The lowest BCUT2D eigenvalue weighted by Gasteiger charge is -2.13. The highest BCUT2D eigenvalue weighted by Gasteiger charge is 2.13. The molecule has 0 aliphatic heterocycles. The van der Waals surface area contributed by atoms with Gasteiger partial charge in [0.25, 0.3) is 0 Å². The Hall–Kier alpha value is -1.91. The zero-order chi connectivity index (χ0) is 18.9. The minimum Gasteiger partial charge on any atom is -0.492 e. The number of nitrogens with zero attached hydrogens (tertiary/aromatic N) is 2.